The van der Waals surface area contributed by atoms with Crippen LogP contribution in [0.1, 0.15) is 30.4 Å². The Morgan fingerprint density at radius 3 is 2.73 bits per heavy atom. The first-order valence-corrected chi connectivity index (χ1v) is 5.13. The summed E-state index contributed by atoms with van der Waals surface area (Å²) in [6.07, 6.45) is 4.21. The van der Waals surface area contributed by atoms with E-state index in [1.807, 2.05) is 6.92 Å². The number of imidazole rings is 1. The molecule has 0 aliphatic heterocycles. The third kappa shape index (κ3) is 1.98. The summed E-state index contributed by atoms with van der Waals surface area (Å²) in [6, 6.07) is 0. The number of ketones is 2. The molecular formula is C11H14N2O2. The van der Waals surface area contributed by atoms with Gasteiger partial charge in [-0.2, -0.15) is 0 Å². The number of aryl methyl sites for hydroxylation is 1. The molecule has 0 radical (unpaired) electrons. The summed E-state index contributed by atoms with van der Waals surface area (Å²) in [5, 5.41) is 0. The van der Waals surface area contributed by atoms with Gasteiger partial charge >= 0.3 is 0 Å². The van der Waals surface area contributed by atoms with Crippen LogP contribution in [0.15, 0.2) is 12.4 Å². The minimum absolute atomic E-state index is 0.000139. The molecule has 1 aliphatic carbocycles. The highest BCUT2D eigenvalue weighted by molar-refractivity contribution is 6.07. The zero-order chi connectivity index (χ0) is 11.0. The number of Topliss-reactive ketones (excluding diaryl/α,β-unsaturated/α-hetero) is 2. The molecule has 2 atom stereocenters. The van der Waals surface area contributed by atoms with E-state index in [4.69, 9.17) is 0 Å². The van der Waals surface area contributed by atoms with E-state index in [0.29, 0.717) is 11.7 Å². The molecule has 1 aromatic rings. The molecule has 15 heavy (non-hydrogen) atoms. The normalized spacial score (nSPS) is 23.9. The molecule has 0 saturated heterocycles. The second kappa shape index (κ2) is 3.61. The standard InChI is InChI=1S/C11H14N2O2/c1-7-5-8(7)9(14)6-10(15)11-12-3-4-13(11)2/h3-4,7-8H,5-6H2,1-2H3. The minimum atomic E-state index is -0.174. The Kier molecular flexibility index (Phi) is 2.42. The van der Waals surface area contributed by atoms with Crippen LogP contribution in [-0.2, 0) is 11.8 Å². The van der Waals surface area contributed by atoms with Gasteiger partial charge in [-0.3, -0.25) is 9.59 Å². The molecule has 1 saturated carbocycles. The lowest BCUT2D eigenvalue weighted by Gasteiger charge is -1.99. The number of nitrogens with zero attached hydrogens (tertiary/aromatic N) is 2. The van der Waals surface area contributed by atoms with E-state index < -0.39 is 0 Å². The van der Waals surface area contributed by atoms with Crippen molar-refractivity contribution in [1.29, 1.82) is 0 Å². The summed E-state index contributed by atoms with van der Waals surface area (Å²) in [5.41, 5.74) is 0. The average molecular weight is 206 g/mol. The van der Waals surface area contributed by atoms with Crippen LogP contribution in [0.25, 0.3) is 0 Å². The first kappa shape index (κ1) is 10.1. The minimum Gasteiger partial charge on any atom is -0.332 e. The Labute approximate surface area is 88.3 Å². The molecule has 1 fully saturated rings. The van der Waals surface area contributed by atoms with Gasteiger partial charge in [-0.15, -0.1) is 0 Å². The van der Waals surface area contributed by atoms with Crippen LogP contribution in [0.4, 0.5) is 0 Å². The third-order valence-electron chi connectivity index (χ3n) is 2.93. The number of aromatic nitrogens is 2. The molecule has 1 aromatic heterocycles. The third-order valence-corrected chi connectivity index (χ3v) is 2.93. The summed E-state index contributed by atoms with van der Waals surface area (Å²) >= 11 is 0. The topological polar surface area (TPSA) is 52.0 Å². The molecule has 1 aliphatic rings. The molecule has 80 valence electrons. The molecule has 0 bridgehead atoms. The van der Waals surface area contributed by atoms with Gasteiger partial charge in [0.15, 0.2) is 5.82 Å². The maximum Gasteiger partial charge on any atom is 0.205 e. The van der Waals surface area contributed by atoms with Crippen molar-refractivity contribution >= 4 is 11.6 Å². The molecule has 4 heteroatoms. The summed E-state index contributed by atoms with van der Waals surface area (Å²) in [6.45, 7) is 2.04. The molecular weight excluding hydrogens is 192 g/mol. The van der Waals surface area contributed by atoms with E-state index in [-0.39, 0.29) is 23.9 Å². The van der Waals surface area contributed by atoms with Gasteiger partial charge in [-0.25, -0.2) is 4.98 Å². The van der Waals surface area contributed by atoms with E-state index in [9.17, 15) is 9.59 Å². The number of hydrogen-bond acceptors (Lipinski definition) is 3. The fourth-order valence-electron chi connectivity index (χ4n) is 1.77. The van der Waals surface area contributed by atoms with Crippen molar-refractivity contribution in [3.63, 3.8) is 0 Å². The van der Waals surface area contributed by atoms with Crippen molar-refractivity contribution in [2.75, 3.05) is 0 Å². The lowest BCUT2D eigenvalue weighted by atomic mass is 10.1. The van der Waals surface area contributed by atoms with Gasteiger partial charge in [0.1, 0.15) is 5.78 Å². The number of hydrogen-bond donors (Lipinski definition) is 0. The molecule has 0 amide bonds. The Hall–Kier alpha value is -1.45. The molecule has 0 N–H and O–H groups in total. The summed E-state index contributed by atoms with van der Waals surface area (Å²) in [4.78, 5) is 27.2. The maximum absolute atomic E-state index is 11.7. The zero-order valence-electron chi connectivity index (χ0n) is 8.93. The van der Waals surface area contributed by atoms with Crippen molar-refractivity contribution in [3.8, 4) is 0 Å². The highest BCUT2D eigenvalue weighted by atomic mass is 16.1. The summed E-state index contributed by atoms with van der Waals surface area (Å²) in [7, 11) is 1.75. The highest BCUT2D eigenvalue weighted by Gasteiger charge is 2.39. The smallest absolute Gasteiger partial charge is 0.205 e. The van der Waals surface area contributed by atoms with Gasteiger partial charge in [0.25, 0.3) is 0 Å². The Morgan fingerprint density at radius 2 is 2.27 bits per heavy atom. The molecule has 0 spiro atoms. The van der Waals surface area contributed by atoms with Crippen molar-refractivity contribution < 1.29 is 9.59 Å². The average Bonchev–Trinajstić information content (AvgIpc) is 2.74. The van der Waals surface area contributed by atoms with E-state index in [1.165, 1.54) is 0 Å². The van der Waals surface area contributed by atoms with Crippen LogP contribution >= 0.6 is 0 Å². The largest absolute Gasteiger partial charge is 0.332 e. The lowest BCUT2D eigenvalue weighted by Crippen LogP contribution is -2.14. The lowest BCUT2D eigenvalue weighted by molar-refractivity contribution is -0.119. The van der Waals surface area contributed by atoms with Crippen molar-refractivity contribution in [2.45, 2.75) is 19.8 Å². The van der Waals surface area contributed by atoms with Gasteiger partial charge in [-0.05, 0) is 12.3 Å². The summed E-state index contributed by atoms with van der Waals surface area (Å²) in [5.74, 6) is 0.847. The number of carbonyl (C=O) groups excluding carboxylic acids is 2. The fraction of sp³-hybridized carbons (Fsp3) is 0.545. The van der Waals surface area contributed by atoms with Crippen molar-refractivity contribution in [2.24, 2.45) is 18.9 Å². The first-order chi connectivity index (χ1) is 7.09. The quantitative estimate of drug-likeness (QED) is 0.549. The van der Waals surface area contributed by atoms with Crippen LogP contribution in [0, 0.1) is 11.8 Å². The molecule has 2 rings (SSSR count). The van der Waals surface area contributed by atoms with Gasteiger partial charge in [-0.1, -0.05) is 6.92 Å². The van der Waals surface area contributed by atoms with Crippen molar-refractivity contribution in [1.82, 2.24) is 9.55 Å². The highest BCUT2D eigenvalue weighted by Crippen LogP contribution is 2.39. The maximum atomic E-state index is 11.7. The molecule has 0 aromatic carbocycles. The van der Waals surface area contributed by atoms with E-state index in [0.717, 1.165) is 6.42 Å². The van der Waals surface area contributed by atoms with Crippen LogP contribution in [0.3, 0.4) is 0 Å². The van der Waals surface area contributed by atoms with Crippen LogP contribution in [0.2, 0.25) is 0 Å². The van der Waals surface area contributed by atoms with Crippen LogP contribution in [-0.4, -0.2) is 21.1 Å². The molecule has 2 unspecified atom stereocenters. The van der Waals surface area contributed by atoms with E-state index in [2.05, 4.69) is 4.98 Å². The number of carbonyl (C=O) groups is 2. The zero-order valence-corrected chi connectivity index (χ0v) is 8.93. The SMILES string of the molecule is CC1CC1C(=O)CC(=O)c1nccn1C. The van der Waals surface area contributed by atoms with Gasteiger partial charge < -0.3 is 4.57 Å². The predicted octanol–water partition coefficient (Wildman–Crippen LogP) is 1.22. The first-order valence-electron chi connectivity index (χ1n) is 5.13. The Bertz CT molecular complexity index is 408. The van der Waals surface area contributed by atoms with Crippen LogP contribution < -0.4 is 0 Å². The van der Waals surface area contributed by atoms with E-state index in [1.54, 1.807) is 24.0 Å². The molecule has 4 nitrogen and oxygen atoms in total. The van der Waals surface area contributed by atoms with Crippen molar-refractivity contribution in [3.05, 3.63) is 18.2 Å². The van der Waals surface area contributed by atoms with Crippen LogP contribution in [0.5, 0.6) is 0 Å². The second-order valence-electron chi connectivity index (χ2n) is 4.25. The predicted molar refractivity (Wildman–Crippen MR) is 54.4 cm³/mol. The molecule has 1 heterocycles. The fourth-order valence-corrected chi connectivity index (χ4v) is 1.77. The van der Waals surface area contributed by atoms with E-state index >= 15 is 0 Å². The summed E-state index contributed by atoms with van der Waals surface area (Å²) < 4.78 is 1.64. The monoisotopic (exact) mass is 206 g/mol. The Balaban J connectivity index is 1.98. The number of rotatable bonds is 4. The Morgan fingerprint density at radius 1 is 1.60 bits per heavy atom. The van der Waals surface area contributed by atoms with Gasteiger partial charge in [0.05, 0.1) is 6.42 Å². The van der Waals surface area contributed by atoms with Gasteiger partial charge in [0, 0.05) is 25.4 Å². The van der Waals surface area contributed by atoms with Gasteiger partial charge in [0.2, 0.25) is 5.78 Å². The second-order valence-corrected chi connectivity index (χ2v) is 4.25.